The van der Waals surface area contributed by atoms with Gasteiger partial charge in [-0.2, -0.15) is 0 Å². The Labute approximate surface area is 162 Å². The second-order valence-corrected chi connectivity index (χ2v) is 7.15. The quantitative estimate of drug-likeness (QED) is 0.859. The maximum absolute atomic E-state index is 12.8. The zero-order valence-electron chi connectivity index (χ0n) is 14.3. The van der Waals surface area contributed by atoms with Gasteiger partial charge in [0.05, 0.1) is 33.9 Å². The van der Waals surface area contributed by atoms with Crippen molar-refractivity contribution in [3.63, 3.8) is 0 Å². The number of hydrogen-bond acceptors (Lipinski definition) is 3. The summed E-state index contributed by atoms with van der Waals surface area (Å²) < 4.78 is 0. The van der Waals surface area contributed by atoms with E-state index >= 15 is 0 Å². The number of nitrogens with zero attached hydrogens (tertiary/aromatic N) is 2. The molecule has 2 aromatic rings. The van der Waals surface area contributed by atoms with Crippen LogP contribution >= 0.6 is 23.2 Å². The highest BCUT2D eigenvalue weighted by Gasteiger charge is 2.30. The molecule has 0 aliphatic heterocycles. The molecule has 2 amide bonds. The fourth-order valence-electron chi connectivity index (χ4n) is 3.21. The van der Waals surface area contributed by atoms with E-state index in [-0.39, 0.29) is 24.3 Å². The van der Waals surface area contributed by atoms with Crippen LogP contribution in [-0.2, 0) is 16.0 Å². The van der Waals surface area contributed by atoms with Gasteiger partial charge >= 0.3 is 0 Å². The van der Waals surface area contributed by atoms with Gasteiger partial charge in [0.1, 0.15) is 0 Å². The maximum Gasteiger partial charge on any atom is 0.244 e. The number of likely N-dealkylation sites (N-methyl/N-ethyl adjacent to an activating group) is 1. The highest BCUT2D eigenvalue weighted by molar-refractivity contribution is 6.39. The number of halogens is 2. The van der Waals surface area contributed by atoms with Crippen molar-refractivity contribution in [2.24, 2.45) is 0 Å². The number of para-hydroxylation sites is 1. The van der Waals surface area contributed by atoms with Gasteiger partial charge in [-0.1, -0.05) is 35.3 Å². The number of carbonyl (C=O) groups is 2. The molecule has 1 aliphatic rings. The van der Waals surface area contributed by atoms with Crippen molar-refractivity contribution in [3.8, 4) is 0 Å². The molecule has 3 rings (SSSR count). The molecule has 0 fully saturated rings. The molecule has 1 aromatic heterocycles. The molecular formula is C19H19Cl2N3O2. The Morgan fingerprint density at radius 1 is 1.23 bits per heavy atom. The van der Waals surface area contributed by atoms with Crippen molar-refractivity contribution in [2.45, 2.75) is 25.2 Å². The number of rotatable bonds is 4. The molecule has 136 valence electrons. The second-order valence-electron chi connectivity index (χ2n) is 6.33. The highest BCUT2D eigenvalue weighted by atomic mass is 35.5. The standard InChI is InChI=1S/C19H19Cl2N3O2/c1-24(11-16(25)23-18-14(20)8-3-9-15(18)21)19(26)13-7-2-5-12-6-4-10-22-17(12)13/h3-4,6,8-10,13H,2,5,7,11H2,1H3,(H,23,25)/t13-/m1/s1. The average molecular weight is 392 g/mol. The molecule has 1 aliphatic carbocycles. The first-order chi connectivity index (χ1) is 12.5. The number of pyridine rings is 1. The molecule has 1 atom stereocenters. The Morgan fingerprint density at radius 3 is 2.69 bits per heavy atom. The Balaban J connectivity index is 1.67. The number of aryl methyl sites for hydroxylation is 1. The van der Waals surface area contributed by atoms with Crippen LogP contribution in [0.1, 0.15) is 30.0 Å². The van der Waals surface area contributed by atoms with Crippen molar-refractivity contribution in [2.75, 3.05) is 18.9 Å². The lowest BCUT2D eigenvalue weighted by molar-refractivity contribution is -0.135. The van der Waals surface area contributed by atoms with E-state index in [1.54, 1.807) is 31.4 Å². The van der Waals surface area contributed by atoms with Crippen LogP contribution < -0.4 is 5.32 Å². The molecule has 0 radical (unpaired) electrons. The second kappa shape index (κ2) is 8.06. The van der Waals surface area contributed by atoms with Gasteiger partial charge in [0, 0.05) is 13.2 Å². The van der Waals surface area contributed by atoms with Crippen molar-refractivity contribution < 1.29 is 9.59 Å². The number of amides is 2. The van der Waals surface area contributed by atoms with Gasteiger partial charge in [-0.25, -0.2) is 0 Å². The van der Waals surface area contributed by atoms with Gasteiger partial charge in [-0.3, -0.25) is 14.6 Å². The Kier molecular flexibility index (Phi) is 5.79. The highest BCUT2D eigenvalue weighted by Crippen LogP contribution is 2.32. The van der Waals surface area contributed by atoms with Crippen LogP contribution in [0, 0.1) is 0 Å². The van der Waals surface area contributed by atoms with Crippen LogP contribution in [0.4, 0.5) is 5.69 Å². The SMILES string of the molecule is CN(CC(=O)Nc1c(Cl)cccc1Cl)C(=O)[C@@H]1CCCc2cccnc21. The Morgan fingerprint density at radius 2 is 1.96 bits per heavy atom. The number of anilines is 1. The van der Waals surface area contributed by atoms with Crippen molar-refractivity contribution in [3.05, 3.63) is 57.8 Å². The largest absolute Gasteiger partial charge is 0.336 e. The van der Waals surface area contributed by atoms with Crippen LogP contribution in [0.3, 0.4) is 0 Å². The fourth-order valence-corrected chi connectivity index (χ4v) is 3.70. The molecule has 0 bridgehead atoms. The number of carbonyl (C=O) groups excluding carboxylic acids is 2. The van der Waals surface area contributed by atoms with Gasteiger partial charge in [-0.15, -0.1) is 0 Å². The topological polar surface area (TPSA) is 62.3 Å². The minimum atomic E-state index is -0.354. The number of aromatic nitrogens is 1. The predicted octanol–water partition coefficient (Wildman–Crippen LogP) is 3.91. The smallest absolute Gasteiger partial charge is 0.244 e. The molecule has 1 N–H and O–H groups in total. The maximum atomic E-state index is 12.8. The zero-order valence-corrected chi connectivity index (χ0v) is 15.8. The monoisotopic (exact) mass is 391 g/mol. The number of benzene rings is 1. The normalized spacial score (nSPS) is 15.9. The lowest BCUT2D eigenvalue weighted by atomic mass is 9.86. The van der Waals surface area contributed by atoms with E-state index in [2.05, 4.69) is 10.3 Å². The van der Waals surface area contributed by atoms with Crippen LogP contribution in [0.25, 0.3) is 0 Å². The summed E-state index contributed by atoms with van der Waals surface area (Å²) in [7, 11) is 1.62. The average Bonchev–Trinajstić information content (AvgIpc) is 2.63. The van der Waals surface area contributed by atoms with Crippen molar-refractivity contribution >= 4 is 40.7 Å². The summed E-state index contributed by atoms with van der Waals surface area (Å²) in [4.78, 5) is 31.0. The Bertz CT molecular complexity index is 821. The molecule has 1 aromatic carbocycles. The van der Waals surface area contributed by atoms with E-state index in [0.717, 1.165) is 30.5 Å². The Hall–Kier alpha value is -2.11. The third-order valence-corrected chi connectivity index (χ3v) is 5.11. The van der Waals surface area contributed by atoms with E-state index in [1.165, 1.54) is 4.90 Å². The van der Waals surface area contributed by atoms with Gasteiger partial charge in [-0.05, 0) is 43.0 Å². The molecule has 26 heavy (non-hydrogen) atoms. The number of fused-ring (bicyclic) bond motifs is 1. The van der Waals surface area contributed by atoms with E-state index in [4.69, 9.17) is 23.2 Å². The summed E-state index contributed by atoms with van der Waals surface area (Å²) in [6.07, 6.45) is 4.31. The molecule has 0 unspecified atom stereocenters. The third-order valence-electron chi connectivity index (χ3n) is 4.48. The summed E-state index contributed by atoms with van der Waals surface area (Å²) in [5, 5.41) is 3.38. The summed E-state index contributed by atoms with van der Waals surface area (Å²) in [6, 6.07) is 8.87. The van der Waals surface area contributed by atoms with Crippen LogP contribution in [0.15, 0.2) is 36.5 Å². The van der Waals surface area contributed by atoms with E-state index in [9.17, 15) is 9.59 Å². The number of nitrogens with one attached hydrogen (secondary N) is 1. The van der Waals surface area contributed by atoms with E-state index in [0.29, 0.717) is 15.7 Å². The summed E-state index contributed by atoms with van der Waals surface area (Å²) in [5.74, 6) is -0.764. The predicted molar refractivity (Wildman–Crippen MR) is 103 cm³/mol. The third kappa shape index (κ3) is 4.00. The van der Waals surface area contributed by atoms with Crippen molar-refractivity contribution in [1.29, 1.82) is 0 Å². The first-order valence-corrected chi connectivity index (χ1v) is 9.15. The van der Waals surface area contributed by atoms with Crippen molar-refractivity contribution in [1.82, 2.24) is 9.88 Å². The molecule has 7 heteroatoms. The summed E-state index contributed by atoms with van der Waals surface area (Å²) in [6.45, 7) is -0.0843. The van der Waals surface area contributed by atoms with E-state index in [1.807, 2.05) is 12.1 Å². The van der Waals surface area contributed by atoms with Gasteiger partial charge in [0.25, 0.3) is 0 Å². The lowest BCUT2D eigenvalue weighted by Gasteiger charge is -2.27. The van der Waals surface area contributed by atoms with Crippen LogP contribution in [0.2, 0.25) is 10.0 Å². The fraction of sp³-hybridized carbons (Fsp3) is 0.316. The van der Waals surface area contributed by atoms with Gasteiger partial charge < -0.3 is 10.2 Å². The first kappa shape index (κ1) is 18.7. The molecule has 1 heterocycles. The minimum absolute atomic E-state index is 0.0843. The van der Waals surface area contributed by atoms with Gasteiger partial charge in [0.2, 0.25) is 11.8 Å². The lowest BCUT2D eigenvalue weighted by Crippen LogP contribution is -2.39. The molecule has 0 saturated heterocycles. The summed E-state index contributed by atoms with van der Waals surface area (Å²) >= 11 is 12.1. The molecule has 0 spiro atoms. The first-order valence-electron chi connectivity index (χ1n) is 8.40. The summed E-state index contributed by atoms with van der Waals surface area (Å²) in [5.41, 5.74) is 2.29. The minimum Gasteiger partial charge on any atom is -0.336 e. The zero-order chi connectivity index (χ0) is 18.7. The van der Waals surface area contributed by atoms with Crippen LogP contribution in [0.5, 0.6) is 0 Å². The number of hydrogen-bond donors (Lipinski definition) is 1. The van der Waals surface area contributed by atoms with Gasteiger partial charge in [0.15, 0.2) is 0 Å². The van der Waals surface area contributed by atoms with Crippen LogP contribution in [-0.4, -0.2) is 35.3 Å². The molecule has 5 nitrogen and oxygen atoms in total. The molecular weight excluding hydrogens is 373 g/mol. The molecule has 0 saturated carbocycles. The van der Waals surface area contributed by atoms with E-state index < -0.39 is 0 Å².